The number of carbonyl (C=O) groups is 2. The van der Waals surface area contributed by atoms with E-state index in [2.05, 4.69) is 5.32 Å². The van der Waals surface area contributed by atoms with Gasteiger partial charge in [0.1, 0.15) is 5.75 Å². The zero-order chi connectivity index (χ0) is 17.7. The molecule has 2 aromatic carbocycles. The molecule has 6 nitrogen and oxygen atoms in total. The molecule has 0 aliphatic carbocycles. The van der Waals surface area contributed by atoms with E-state index in [9.17, 15) is 9.59 Å². The van der Waals surface area contributed by atoms with E-state index in [0.717, 1.165) is 0 Å². The summed E-state index contributed by atoms with van der Waals surface area (Å²) in [7, 11) is 1.50. The lowest BCUT2D eigenvalue weighted by Crippen LogP contribution is -2.30. The zero-order valence-electron chi connectivity index (χ0n) is 13.2. The molecule has 24 heavy (non-hydrogen) atoms. The molecule has 0 unspecified atom stereocenters. The van der Waals surface area contributed by atoms with Gasteiger partial charge in [-0.3, -0.25) is 4.79 Å². The van der Waals surface area contributed by atoms with Crippen molar-refractivity contribution in [3.8, 4) is 5.75 Å². The predicted molar refractivity (Wildman–Crippen MR) is 92.4 cm³/mol. The minimum absolute atomic E-state index is 0.111. The zero-order valence-corrected chi connectivity index (χ0v) is 14.0. The second kappa shape index (κ2) is 7.70. The van der Waals surface area contributed by atoms with Crippen LogP contribution in [-0.4, -0.2) is 25.1 Å². The smallest absolute Gasteiger partial charge is 0.341 e. The number of hydrogen-bond donors (Lipinski definition) is 2. The van der Waals surface area contributed by atoms with E-state index in [1.54, 1.807) is 36.4 Å². The number of methoxy groups -OCH3 is 1. The Hall–Kier alpha value is -2.73. The van der Waals surface area contributed by atoms with Crippen molar-refractivity contribution in [2.75, 3.05) is 18.2 Å². The summed E-state index contributed by atoms with van der Waals surface area (Å²) in [6.45, 7) is 1.46. The monoisotopic (exact) mass is 348 g/mol. The Kier molecular flexibility index (Phi) is 5.65. The molecule has 0 aromatic heterocycles. The minimum atomic E-state index is -1.03. The molecule has 1 atom stereocenters. The van der Waals surface area contributed by atoms with E-state index in [1.165, 1.54) is 20.1 Å². The Morgan fingerprint density at radius 3 is 2.58 bits per heavy atom. The van der Waals surface area contributed by atoms with Crippen LogP contribution >= 0.6 is 11.6 Å². The summed E-state index contributed by atoms with van der Waals surface area (Å²) >= 11 is 5.87. The minimum Gasteiger partial charge on any atom is -0.495 e. The number of carbonyl (C=O) groups excluding carboxylic acids is 2. The number of rotatable bonds is 5. The average Bonchev–Trinajstić information content (AvgIpc) is 2.57. The molecule has 126 valence electrons. The van der Waals surface area contributed by atoms with Crippen molar-refractivity contribution >= 4 is 34.9 Å². The first-order chi connectivity index (χ1) is 11.4. The first-order valence-electron chi connectivity index (χ1n) is 7.13. The molecule has 1 amide bonds. The van der Waals surface area contributed by atoms with Gasteiger partial charge in [-0.25, -0.2) is 4.79 Å². The number of hydrogen-bond acceptors (Lipinski definition) is 5. The number of ether oxygens (including phenoxy) is 2. The van der Waals surface area contributed by atoms with Crippen molar-refractivity contribution in [3.63, 3.8) is 0 Å². The van der Waals surface area contributed by atoms with Crippen LogP contribution in [-0.2, 0) is 9.53 Å². The van der Waals surface area contributed by atoms with Crippen LogP contribution in [0.25, 0.3) is 0 Å². The standard InChI is InChI=1S/C17H17ClN2O4/c1-10(16(21)20-13-8-3-4-9-14(13)23-2)24-17(22)11-6-5-7-12(18)15(11)19/h3-10H,19H2,1-2H3,(H,20,21)/t10-/m1/s1. The van der Waals surface area contributed by atoms with Gasteiger partial charge in [-0.05, 0) is 31.2 Å². The number of anilines is 2. The highest BCUT2D eigenvalue weighted by molar-refractivity contribution is 6.33. The van der Waals surface area contributed by atoms with Gasteiger partial charge < -0.3 is 20.5 Å². The summed E-state index contributed by atoms with van der Waals surface area (Å²) in [4.78, 5) is 24.3. The third kappa shape index (κ3) is 3.97. The van der Waals surface area contributed by atoms with Crippen molar-refractivity contribution < 1.29 is 19.1 Å². The molecule has 0 fully saturated rings. The van der Waals surface area contributed by atoms with Crippen molar-refractivity contribution in [2.24, 2.45) is 0 Å². The molecule has 2 aromatic rings. The van der Waals surface area contributed by atoms with E-state index in [4.69, 9.17) is 26.8 Å². The number of esters is 1. The number of nitrogens with one attached hydrogen (secondary N) is 1. The van der Waals surface area contributed by atoms with Gasteiger partial charge in [0, 0.05) is 0 Å². The van der Waals surface area contributed by atoms with Crippen molar-refractivity contribution in [1.82, 2.24) is 0 Å². The number of amides is 1. The molecule has 3 N–H and O–H groups in total. The molecule has 0 saturated heterocycles. The third-order valence-corrected chi connectivity index (χ3v) is 3.62. The Morgan fingerprint density at radius 1 is 1.17 bits per heavy atom. The lowest BCUT2D eigenvalue weighted by molar-refractivity contribution is -0.123. The maximum atomic E-state index is 12.2. The summed E-state index contributed by atoms with van der Waals surface area (Å²) < 4.78 is 10.3. The lowest BCUT2D eigenvalue weighted by Gasteiger charge is -2.15. The number of halogens is 1. The molecule has 0 radical (unpaired) electrons. The quantitative estimate of drug-likeness (QED) is 0.640. The maximum absolute atomic E-state index is 12.2. The molecule has 2 rings (SSSR count). The third-order valence-electron chi connectivity index (χ3n) is 3.29. The highest BCUT2D eigenvalue weighted by Gasteiger charge is 2.21. The topological polar surface area (TPSA) is 90.6 Å². The fourth-order valence-electron chi connectivity index (χ4n) is 1.97. The van der Waals surface area contributed by atoms with E-state index >= 15 is 0 Å². The van der Waals surface area contributed by atoms with Crippen LogP contribution in [0.15, 0.2) is 42.5 Å². The van der Waals surface area contributed by atoms with Gasteiger partial charge in [0.05, 0.1) is 29.1 Å². The van der Waals surface area contributed by atoms with Crippen LogP contribution < -0.4 is 15.8 Å². The Balaban J connectivity index is 2.06. The van der Waals surface area contributed by atoms with Gasteiger partial charge >= 0.3 is 5.97 Å². The number of nitrogens with two attached hydrogens (primary N) is 1. The van der Waals surface area contributed by atoms with E-state index < -0.39 is 18.0 Å². The molecule has 0 aliphatic heterocycles. The number of benzene rings is 2. The van der Waals surface area contributed by atoms with Gasteiger partial charge in [-0.2, -0.15) is 0 Å². The predicted octanol–water partition coefficient (Wildman–Crippen LogP) is 3.11. The Morgan fingerprint density at radius 2 is 1.88 bits per heavy atom. The SMILES string of the molecule is COc1ccccc1NC(=O)[C@@H](C)OC(=O)c1cccc(Cl)c1N. The fourth-order valence-corrected chi connectivity index (χ4v) is 2.15. The largest absolute Gasteiger partial charge is 0.495 e. The van der Waals surface area contributed by atoms with Crippen molar-refractivity contribution in [3.05, 3.63) is 53.1 Å². The molecular weight excluding hydrogens is 332 g/mol. The van der Waals surface area contributed by atoms with Gasteiger partial charge in [0.25, 0.3) is 5.91 Å². The second-order valence-electron chi connectivity index (χ2n) is 4.94. The lowest BCUT2D eigenvalue weighted by atomic mass is 10.2. The van der Waals surface area contributed by atoms with Crippen LogP contribution in [0.1, 0.15) is 17.3 Å². The fraction of sp³-hybridized carbons (Fsp3) is 0.176. The van der Waals surface area contributed by atoms with Crippen LogP contribution in [0.4, 0.5) is 11.4 Å². The highest BCUT2D eigenvalue weighted by Crippen LogP contribution is 2.25. The van der Waals surface area contributed by atoms with E-state index in [0.29, 0.717) is 11.4 Å². The van der Waals surface area contributed by atoms with Crippen LogP contribution in [0.5, 0.6) is 5.75 Å². The number of nitrogen functional groups attached to an aromatic ring is 1. The highest BCUT2D eigenvalue weighted by atomic mass is 35.5. The molecule has 0 saturated carbocycles. The normalized spacial score (nSPS) is 11.5. The van der Waals surface area contributed by atoms with Crippen molar-refractivity contribution in [2.45, 2.75) is 13.0 Å². The van der Waals surface area contributed by atoms with E-state index in [1.807, 2.05) is 0 Å². The van der Waals surface area contributed by atoms with Gasteiger partial charge in [0.2, 0.25) is 0 Å². The first kappa shape index (κ1) is 17.6. The first-order valence-corrected chi connectivity index (χ1v) is 7.50. The van der Waals surface area contributed by atoms with Crippen LogP contribution in [0.3, 0.4) is 0 Å². The van der Waals surface area contributed by atoms with Crippen LogP contribution in [0.2, 0.25) is 5.02 Å². The maximum Gasteiger partial charge on any atom is 0.341 e. The number of para-hydroxylation sites is 3. The second-order valence-corrected chi connectivity index (χ2v) is 5.35. The van der Waals surface area contributed by atoms with Gasteiger partial charge in [0.15, 0.2) is 6.10 Å². The molecule has 0 heterocycles. The summed E-state index contributed by atoms with van der Waals surface area (Å²) in [6, 6.07) is 11.5. The summed E-state index contributed by atoms with van der Waals surface area (Å²) in [6.07, 6.45) is -1.03. The Labute approximate surface area is 144 Å². The molecule has 7 heteroatoms. The Bertz CT molecular complexity index is 764. The van der Waals surface area contributed by atoms with Gasteiger partial charge in [-0.15, -0.1) is 0 Å². The van der Waals surface area contributed by atoms with E-state index in [-0.39, 0.29) is 16.3 Å². The molecule has 0 aliphatic rings. The molecule has 0 spiro atoms. The van der Waals surface area contributed by atoms with Gasteiger partial charge in [-0.1, -0.05) is 29.8 Å². The average molecular weight is 349 g/mol. The van der Waals surface area contributed by atoms with Crippen LogP contribution in [0, 0.1) is 0 Å². The summed E-state index contributed by atoms with van der Waals surface area (Å²) in [5.41, 5.74) is 6.45. The molecular formula is C17H17ClN2O4. The summed E-state index contributed by atoms with van der Waals surface area (Å²) in [5, 5.41) is 2.89. The van der Waals surface area contributed by atoms with Crippen molar-refractivity contribution in [1.29, 1.82) is 0 Å². The summed E-state index contributed by atoms with van der Waals surface area (Å²) in [5.74, 6) is -0.713. The molecule has 0 bridgehead atoms.